The van der Waals surface area contributed by atoms with E-state index in [2.05, 4.69) is 17.0 Å². The zero-order valence-electron chi connectivity index (χ0n) is 11.3. The minimum atomic E-state index is -0.414. The lowest BCUT2D eigenvalue weighted by molar-refractivity contribution is -0.147. The fraction of sp³-hybridized carbons (Fsp3) is 0.833. The number of carbonyl (C=O) groups is 2. The highest BCUT2D eigenvalue weighted by molar-refractivity contribution is 5.84. The number of methoxy groups -OCH3 is 1. The van der Waals surface area contributed by atoms with Crippen molar-refractivity contribution >= 4 is 11.9 Å². The molecule has 0 radical (unpaired) electrons. The van der Waals surface area contributed by atoms with Crippen molar-refractivity contribution in [1.29, 1.82) is 0 Å². The summed E-state index contributed by atoms with van der Waals surface area (Å²) in [4.78, 5) is 24.7. The molecule has 2 atom stereocenters. The van der Waals surface area contributed by atoms with Gasteiger partial charge >= 0.3 is 5.97 Å². The number of rotatable bonds is 6. The van der Waals surface area contributed by atoms with E-state index < -0.39 is 5.97 Å². The van der Waals surface area contributed by atoms with Crippen LogP contribution in [-0.2, 0) is 19.1 Å². The molecule has 18 heavy (non-hydrogen) atoms. The van der Waals surface area contributed by atoms with Crippen molar-refractivity contribution in [1.82, 2.24) is 10.2 Å². The van der Waals surface area contributed by atoms with Crippen molar-refractivity contribution in [3.63, 3.8) is 0 Å². The summed E-state index contributed by atoms with van der Waals surface area (Å²) in [5.41, 5.74) is 0. The maximum Gasteiger partial charge on any atom is 0.325 e. The molecular formula is C12H22N2O4. The van der Waals surface area contributed by atoms with Crippen LogP contribution in [0, 0.1) is 5.92 Å². The molecule has 2 unspecified atom stereocenters. The lowest BCUT2D eigenvalue weighted by atomic mass is 10.0. The molecule has 0 bridgehead atoms. The summed E-state index contributed by atoms with van der Waals surface area (Å²) in [5.74, 6) is -0.708. The lowest BCUT2D eigenvalue weighted by Crippen LogP contribution is -2.46. The van der Waals surface area contributed by atoms with Gasteiger partial charge in [-0.3, -0.25) is 9.59 Å². The van der Waals surface area contributed by atoms with Crippen molar-refractivity contribution in [3.05, 3.63) is 0 Å². The van der Waals surface area contributed by atoms with E-state index in [9.17, 15) is 9.59 Å². The summed E-state index contributed by atoms with van der Waals surface area (Å²) < 4.78 is 9.89. The second-order valence-electron chi connectivity index (χ2n) is 4.48. The number of hydrogen-bond donors (Lipinski definition) is 1. The molecule has 6 heteroatoms. The van der Waals surface area contributed by atoms with Gasteiger partial charge in [-0.25, -0.2) is 0 Å². The van der Waals surface area contributed by atoms with E-state index in [0.29, 0.717) is 13.2 Å². The van der Waals surface area contributed by atoms with Crippen LogP contribution in [0.3, 0.4) is 0 Å². The minimum absolute atomic E-state index is 0.0215. The third-order valence-electron chi connectivity index (χ3n) is 3.02. The third kappa shape index (κ3) is 3.96. The number of amides is 1. The van der Waals surface area contributed by atoms with Crippen LogP contribution in [0.4, 0.5) is 0 Å². The summed E-state index contributed by atoms with van der Waals surface area (Å²) in [6.45, 7) is 3.86. The third-order valence-corrected chi connectivity index (χ3v) is 3.02. The number of hydrogen-bond acceptors (Lipinski definition) is 5. The first-order valence-corrected chi connectivity index (χ1v) is 6.23. The molecule has 0 saturated carbocycles. The van der Waals surface area contributed by atoms with Crippen molar-refractivity contribution in [2.24, 2.45) is 5.92 Å². The zero-order valence-corrected chi connectivity index (χ0v) is 11.3. The largest absolute Gasteiger partial charge is 0.468 e. The maximum absolute atomic E-state index is 12.2. The van der Waals surface area contributed by atoms with Crippen LogP contribution in [0.5, 0.6) is 0 Å². The predicted molar refractivity (Wildman–Crippen MR) is 66.0 cm³/mol. The van der Waals surface area contributed by atoms with Crippen LogP contribution >= 0.6 is 0 Å². The maximum atomic E-state index is 12.2. The predicted octanol–water partition coefficient (Wildman–Crippen LogP) is -0.368. The molecule has 104 valence electrons. The number of carbonyl (C=O) groups excluding carboxylic acids is 2. The first-order chi connectivity index (χ1) is 8.60. The lowest BCUT2D eigenvalue weighted by Gasteiger charge is -2.23. The van der Waals surface area contributed by atoms with Crippen molar-refractivity contribution in [3.8, 4) is 0 Å². The molecule has 1 aliphatic rings. The molecular weight excluding hydrogens is 236 g/mol. The Kier molecular flexibility index (Phi) is 6.07. The van der Waals surface area contributed by atoms with Crippen LogP contribution in [0.25, 0.3) is 0 Å². The van der Waals surface area contributed by atoms with Crippen LogP contribution in [0.15, 0.2) is 0 Å². The molecule has 1 saturated heterocycles. The fourth-order valence-corrected chi connectivity index (χ4v) is 1.95. The molecule has 0 aromatic heterocycles. The first kappa shape index (κ1) is 14.9. The first-order valence-electron chi connectivity index (χ1n) is 6.23. The fourth-order valence-electron chi connectivity index (χ4n) is 1.95. The van der Waals surface area contributed by atoms with Gasteiger partial charge in [-0.2, -0.15) is 0 Å². The smallest absolute Gasteiger partial charge is 0.325 e. The van der Waals surface area contributed by atoms with Crippen LogP contribution in [0.2, 0.25) is 0 Å². The topological polar surface area (TPSA) is 67.9 Å². The molecule has 1 rings (SSSR count). The average molecular weight is 258 g/mol. The average Bonchev–Trinajstić information content (AvgIpc) is 2.83. The molecule has 1 fully saturated rings. The van der Waals surface area contributed by atoms with Gasteiger partial charge < -0.3 is 19.7 Å². The van der Waals surface area contributed by atoms with E-state index in [0.717, 1.165) is 13.0 Å². The van der Waals surface area contributed by atoms with E-state index in [1.54, 1.807) is 7.05 Å². The number of ether oxygens (including phenoxy) is 2. The van der Waals surface area contributed by atoms with E-state index in [-0.39, 0.29) is 24.4 Å². The molecule has 1 amide bonds. The van der Waals surface area contributed by atoms with Crippen molar-refractivity contribution in [2.45, 2.75) is 19.4 Å². The van der Waals surface area contributed by atoms with Gasteiger partial charge in [0.1, 0.15) is 6.54 Å². The molecule has 0 spiro atoms. The summed E-state index contributed by atoms with van der Waals surface area (Å²) in [5, 5.41) is 3.30. The number of likely N-dealkylation sites (N-methyl/N-ethyl adjacent to an activating group) is 1. The Labute approximate surface area is 108 Å². The van der Waals surface area contributed by atoms with Crippen molar-refractivity contribution in [2.75, 3.05) is 40.5 Å². The zero-order chi connectivity index (χ0) is 13.5. The summed E-state index contributed by atoms with van der Waals surface area (Å²) in [6.07, 6.45) is 1.01. The van der Waals surface area contributed by atoms with Gasteiger partial charge in [0.05, 0.1) is 26.2 Å². The van der Waals surface area contributed by atoms with Crippen LogP contribution in [-0.4, -0.2) is 63.3 Å². The highest BCUT2D eigenvalue weighted by Crippen LogP contribution is 2.16. The molecule has 1 N–H and O–H groups in total. The normalized spacial score (nSPS) is 22.8. The van der Waals surface area contributed by atoms with Gasteiger partial charge in [0.25, 0.3) is 0 Å². The quantitative estimate of drug-likeness (QED) is 0.659. The highest BCUT2D eigenvalue weighted by atomic mass is 16.5. The molecule has 1 heterocycles. The minimum Gasteiger partial charge on any atom is -0.468 e. The Morgan fingerprint density at radius 2 is 2.17 bits per heavy atom. The van der Waals surface area contributed by atoms with Gasteiger partial charge in [-0.15, -0.1) is 0 Å². The van der Waals surface area contributed by atoms with Crippen LogP contribution < -0.4 is 5.32 Å². The Morgan fingerprint density at radius 1 is 1.44 bits per heavy atom. The van der Waals surface area contributed by atoms with Crippen LogP contribution in [0.1, 0.15) is 13.3 Å². The number of nitrogens with one attached hydrogen (secondary N) is 1. The van der Waals surface area contributed by atoms with Gasteiger partial charge in [0, 0.05) is 13.1 Å². The molecule has 0 aliphatic carbocycles. The number of nitrogens with zero attached hydrogens (tertiary/aromatic N) is 1. The van der Waals surface area contributed by atoms with Crippen molar-refractivity contribution < 1.29 is 19.1 Å². The van der Waals surface area contributed by atoms with E-state index >= 15 is 0 Å². The molecule has 0 aromatic carbocycles. The Bertz CT molecular complexity index is 296. The summed E-state index contributed by atoms with van der Waals surface area (Å²) in [6, 6.07) is 0.0394. The van der Waals surface area contributed by atoms with E-state index in [1.165, 1.54) is 12.0 Å². The van der Waals surface area contributed by atoms with Gasteiger partial charge in [-0.05, 0) is 13.0 Å². The number of esters is 1. The van der Waals surface area contributed by atoms with E-state index in [4.69, 9.17) is 4.74 Å². The van der Waals surface area contributed by atoms with Gasteiger partial charge in [0.15, 0.2) is 0 Å². The van der Waals surface area contributed by atoms with Gasteiger partial charge in [-0.1, -0.05) is 6.92 Å². The highest BCUT2D eigenvalue weighted by Gasteiger charge is 2.35. The van der Waals surface area contributed by atoms with E-state index in [1.807, 2.05) is 0 Å². The second-order valence-corrected chi connectivity index (χ2v) is 4.48. The molecule has 1 aliphatic heterocycles. The SMILES string of the molecule is CCCNC1COCC1C(=O)N(C)CC(=O)OC. The Morgan fingerprint density at radius 3 is 2.78 bits per heavy atom. The molecule has 0 aromatic rings. The second kappa shape index (κ2) is 7.33. The summed E-state index contributed by atoms with van der Waals surface area (Å²) in [7, 11) is 2.92. The summed E-state index contributed by atoms with van der Waals surface area (Å²) >= 11 is 0. The standard InChI is InChI=1S/C12H22N2O4/c1-4-5-13-10-8-18-7-9(10)12(16)14(2)6-11(15)17-3/h9-10,13H,4-8H2,1-3H3. The monoisotopic (exact) mass is 258 g/mol. The Hall–Kier alpha value is -1.14. The Balaban J connectivity index is 2.50. The molecule has 6 nitrogen and oxygen atoms in total. The van der Waals surface area contributed by atoms with Gasteiger partial charge in [0.2, 0.25) is 5.91 Å².